The summed E-state index contributed by atoms with van der Waals surface area (Å²) in [7, 11) is 0. The molecule has 5 nitrogen and oxygen atoms in total. The molecule has 0 aliphatic heterocycles. The summed E-state index contributed by atoms with van der Waals surface area (Å²) in [5, 5.41) is 14.5. The molecule has 110 valence electrons. The predicted octanol–water partition coefficient (Wildman–Crippen LogP) is 1.82. The molecule has 0 aliphatic carbocycles. The largest absolute Gasteiger partial charge is 0.409 e. The number of nitrogens with two attached hydrogens (primary N) is 1. The van der Waals surface area contributed by atoms with Crippen LogP contribution in [0.2, 0.25) is 0 Å². The Morgan fingerprint density at radius 3 is 2.75 bits per heavy atom. The van der Waals surface area contributed by atoms with Crippen molar-refractivity contribution in [1.29, 1.82) is 0 Å². The molecular weight excluding hydrogens is 254 g/mol. The molecule has 0 saturated heterocycles. The number of hydrogen-bond donors (Lipinski definition) is 3. The third-order valence-electron chi connectivity index (χ3n) is 3.32. The molecule has 1 aromatic carbocycles. The lowest BCUT2D eigenvalue weighted by molar-refractivity contribution is -0.123. The van der Waals surface area contributed by atoms with Gasteiger partial charge in [-0.15, -0.1) is 0 Å². The molecule has 0 fully saturated rings. The summed E-state index contributed by atoms with van der Waals surface area (Å²) in [6, 6.07) is 8.08. The summed E-state index contributed by atoms with van der Waals surface area (Å²) < 4.78 is 0. The Kier molecular flexibility index (Phi) is 6.56. The van der Waals surface area contributed by atoms with E-state index in [-0.39, 0.29) is 11.7 Å². The van der Waals surface area contributed by atoms with Crippen LogP contribution < -0.4 is 11.1 Å². The minimum Gasteiger partial charge on any atom is -0.409 e. The monoisotopic (exact) mass is 277 g/mol. The van der Waals surface area contributed by atoms with Crippen LogP contribution >= 0.6 is 0 Å². The lowest BCUT2D eigenvalue weighted by Gasteiger charge is -2.15. The summed E-state index contributed by atoms with van der Waals surface area (Å²) in [6.07, 6.45) is 2.14. The standard InChI is InChI=1S/C15H23N3O2/c1-3-6-13(14(16)18-20)15(19)17-10-9-12-8-5-4-7-11(12)2/h4-5,7-8,13,20H,3,6,9-10H2,1-2H3,(H2,16,18)(H,17,19). The van der Waals surface area contributed by atoms with Gasteiger partial charge in [0.2, 0.25) is 5.91 Å². The second kappa shape index (κ2) is 8.19. The van der Waals surface area contributed by atoms with Crippen molar-refractivity contribution in [2.45, 2.75) is 33.1 Å². The first kappa shape index (κ1) is 16.0. The molecule has 1 aromatic rings. The van der Waals surface area contributed by atoms with E-state index >= 15 is 0 Å². The van der Waals surface area contributed by atoms with Crippen LogP contribution in [0.4, 0.5) is 0 Å². The van der Waals surface area contributed by atoms with E-state index in [9.17, 15) is 4.79 Å². The molecule has 20 heavy (non-hydrogen) atoms. The summed E-state index contributed by atoms with van der Waals surface area (Å²) in [6.45, 7) is 4.55. The average Bonchev–Trinajstić information content (AvgIpc) is 2.45. The molecule has 0 saturated carbocycles. The summed E-state index contributed by atoms with van der Waals surface area (Å²) >= 11 is 0. The lowest BCUT2D eigenvalue weighted by Crippen LogP contribution is -2.39. The van der Waals surface area contributed by atoms with Crippen molar-refractivity contribution in [3.8, 4) is 0 Å². The van der Waals surface area contributed by atoms with Crippen LogP contribution in [0.25, 0.3) is 0 Å². The molecule has 1 amide bonds. The maximum Gasteiger partial charge on any atom is 0.230 e. The molecule has 0 aliphatic rings. The van der Waals surface area contributed by atoms with E-state index < -0.39 is 5.92 Å². The minimum absolute atomic E-state index is 0.0276. The molecule has 0 heterocycles. The Morgan fingerprint density at radius 2 is 2.15 bits per heavy atom. The van der Waals surface area contributed by atoms with E-state index in [0.717, 1.165) is 12.8 Å². The highest BCUT2D eigenvalue weighted by Crippen LogP contribution is 2.09. The molecule has 0 bridgehead atoms. The fraction of sp³-hybridized carbons (Fsp3) is 0.467. The number of amides is 1. The van der Waals surface area contributed by atoms with Crippen LogP contribution in [-0.2, 0) is 11.2 Å². The number of aryl methyl sites for hydroxylation is 1. The van der Waals surface area contributed by atoms with E-state index in [1.54, 1.807) is 0 Å². The van der Waals surface area contributed by atoms with Gasteiger partial charge in [0.1, 0.15) is 0 Å². The van der Waals surface area contributed by atoms with Gasteiger partial charge in [0, 0.05) is 6.54 Å². The number of carbonyl (C=O) groups is 1. The van der Waals surface area contributed by atoms with Crippen LogP contribution in [0.5, 0.6) is 0 Å². The van der Waals surface area contributed by atoms with Crippen molar-refractivity contribution in [3.05, 3.63) is 35.4 Å². The van der Waals surface area contributed by atoms with E-state index in [4.69, 9.17) is 10.9 Å². The van der Waals surface area contributed by atoms with Gasteiger partial charge in [-0.1, -0.05) is 42.8 Å². The van der Waals surface area contributed by atoms with Gasteiger partial charge in [0.15, 0.2) is 5.84 Å². The molecule has 0 spiro atoms. The van der Waals surface area contributed by atoms with Gasteiger partial charge in [-0.25, -0.2) is 0 Å². The van der Waals surface area contributed by atoms with E-state index in [0.29, 0.717) is 13.0 Å². The van der Waals surface area contributed by atoms with Crippen molar-refractivity contribution >= 4 is 11.7 Å². The number of hydrogen-bond acceptors (Lipinski definition) is 3. The summed E-state index contributed by atoms with van der Waals surface area (Å²) in [5.41, 5.74) is 7.97. The molecular formula is C15H23N3O2. The van der Waals surface area contributed by atoms with Gasteiger partial charge in [0.25, 0.3) is 0 Å². The van der Waals surface area contributed by atoms with Gasteiger partial charge < -0.3 is 16.3 Å². The Labute approximate surface area is 119 Å². The van der Waals surface area contributed by atoms with Gasteiger partial charge in [-0.05, 0) is 30.9 Å². The smallest absolute Gasteiger partial charge is 0.230 e. The second-order valence-corrected chi connectivity index (χ2v) is 4.83. The average molecular weight is 277 g/mol. The molecule has 5 heteroatoms. The maximum absolute atomic E-state index is 12.0. The van der Waals surface area contributed by atoms with Crippen molar-refractivity contribution in [2.24, 2.45) is 16.8 Å². The summed E-state index contributed by atoms with van der Waals surface area (Å²) in [5.74, 6) is -0.766. The Morgan fingerprint density at radius 1 is 1.45 bits per heavy atom. The molecule has 0 aromatic heterocycles. The van der Waals surface area contributed by atoms with E-state index in [1.807, 2.05) is 32.0 Å². The third-order valence-corrected chi connectivity index (χ3v) is 3.32. The van der Waals surface area contributed by atoms with Crippen molar-refractivity contribution in [3.63, 3.8) is 0 Å². The number of nitrogens with one attached hydrogen (secondary N) is 1. The zero-order chi connectivity index (χ0) is 15.0. The molecule has 1 atom stereocenters. The van der Waals surface area contributed by atoms with Crippen molar-refractivity contribution in [1.82, 2.24) is 5.32 Å². The molecule has 0 radical (unpaired) electrons. The molecule has 4 N–H and O–H groups in total. The van der Waals surface area contributed by atoms with E-state index in [1.165, 1.54) is 11.1 Å². The summed E-state index contributed by atoms with van der Waals surface area (Å²) in [4.78, 5) is 12.0. The lowest BCUT2D eigenvalue weighted by atomic mass is 10.0. The number of rotatable bonds is 7. The van der Waals surface area contributed by atoms with Gasteiger partial charge >= 0.3 is 0 Å². The number of nitrogens with zero attached hydrogens (tertiary/aromatic N) is 1. The Hall–Kier alpha value is -2.04. The van der Waals surface area contributed by atoms with Gasteiger partial charge in [-0.3, -0.25) is 4.79 Å². The molecule has 1 unspecified atom stereocenters. The SMILES string of the molecule is CCCC(C(=O)NCCc1ccccc1C)C(N)=NO. The van der Waals surface area contributed by atoms with Gasteiger partial charge in [0.05, 0.1) is 5.92 Å². The predicted molar refractivity (Wildman–Crippen MR) is 79.7 cm³/mol. The fourth-order valence-electron chi connectivity index (χ4n) is 2.11. The molecule has 1 rings (SSSR count). The first-order valence-electron chi connectivity index (χ1n) is 6.89. The second-order valence-electron chi connectivity index (χ2n) is 4.83. The normalized spacial score (nSPS) is 13.0. The van der Waals surface area contributed by atoms with Crippen LogP contribution in [-0.4, -0.2) is 23.5 Å². The number of oxime groups is 1. The van der Waals surface area contributed by atoms with Crippen molar-refractivity contribution in [2.75, 3.05) is 6.54 Å². The first-order valence-corrected chi connectivity index (χ1v) is 6.89. The minimum atomic E-state index is -0.554. The van der Waals surface area contributed by atoms with Crippen LogP contribution in [0.15, 0.2) is 29.4 Å². The maximum atomic E-state index is 12.0. The van der Waals surface area contributed by atoms with Crippen LogP contribution in [0, 0.1) is 12.8 Å². The highest BCUT2D eigenvalue weighted by molar-refractivity contribution is 6.02. The first-order chi connectivity index (χ1) is 9.60. The number of benzene rings is 1. The highest BCUT2D eigenvalue weighted by Gasteiger charge is 2.21. The van der Waals surface area contributed by atoms with Crippen LogP contribution in [0.1, 0.15) is 30.9 Å². The Bertz CT molecular complexity index is 472. The zero-order valence-electron chi connectivity index (χ0n) is 12.1. The van der Waals surface area contributed by atoms with E-state index in [2.05, 4.69) is 16.5 Å². The third kappa shape index (κ3) is 4.57. The van der Waals surface area contributed by atoms with Crippen LogP contribution in [0.3, 0.4) is 0 Å². The highest BCUT2D eigenvalue weighted by atomic mass is 16.4. The van der Waals surface area contributed by atoms with Gasteiger partial charge in [-0.2, -0.15) is 0 Å². The quantitative estimate of drug-likeness (QED) is 0.307. The number of carbonyl (C=O) groups excluding carboxylic acids is 1. The number of amidine groups is 1. The fourth-order valence-corrected chi connectivity index (χ4v) is 2.11. The Balaban J connectivity index is 2.51. The topological polar surface area (TPSA) is 87.7 Å². The van der Waals surface area contributed by atoms with Crippen molar-refractivity contribution < 1.29 is 10.0 Å². The zero-order valence-corrected chi connectivity index (χ0v) is 12.1.